The molecule has 0 spiro atoms. The van der Waals surface area contributed by atoms with Gasteiger partial charge >= 0.3 is 35.9 Å². The predicted octanol–water partition coefficient (Wildman–Crippen LogP) is 7.98. The summed E-state index contributed by atoms with van der Waals surface area (Å²) >= 11 is 0. The first kappa shape index (κ1) is 50.5. The number of esters is 5. The molecule has 0 radical (unpaired) electrons. The highest BCUT2D eigenvalue weighted by Gasteiger charge is 2.77. The monoisotopic (exact) mass is 949 g/mol. The quantitative estimate of drug-likeness (QED) is 0.106. The standard InChI is InChI=1S/C54H63NO14/c1-30-28-37-26-27-53(37,68-33(4)57)43-45(67-47(60)36-24-18-13-19-25-36)54(63)29-38(31(2)39(51(54,8)9)41(64-32(3)56)44(58)52(30,43)10)65-48(61)42(66-46(59)35-22-16-12-17-23-35)40(34-20-14-11-15-21-34)55-49(62)69-50(5,6)7/h11-25,30,37-38,40-43,45,63H,26-29H2,1-10H3,(H,55,62)/t30-,37+,38-,40-,41+,42+,43?,45-,52+,53-,54+/m0/s1. The van der Waals surface area contributed by atoms with Crippen LogP contribution in [0.2, 0.25) is 0 Å². The van der Waals surface area contributed by atoms with Crippen molar-refractivity contribution in [2.75, 3.05) is 0 Å². The lowest BCUT2D eigenvalue weighted by Gasteiger charge is -2.68. The van der Waals surface area contributed by atoms with Gasteiger partial charge in [-0.15, -0.1) is 0 Å². The Labute approximate surface area is 402 Å². The van der Waals surface area contributed by atoms with Crippen LogP contribution in [-0.2, 0) is 47.6 Å². The van der Waals surface area contributed by atoms with Crippen LogP contribution in [0.1, 0.15) is 127 Å². The average molecular weight is 950 g/mol. The molecule has 2 N–H and O–H groups in total. The maximum atomic E-state index is 15.9. The maximum Gasteiger partial charge on any atom is 0.408 e. The molecule has 368 valence electrons. The minimum absolute atomic E-state index is 0.0836. The number of benzene rings is 3. The van der Waals surface area contributed by atoms with Crippen molar-refractivity contribution in [3.8, 4) is 0 Å². The second kappa shape index (κ2) is 18.9. The Balaban J connectivity index is 1.43. The molecule has 3 saturated carbocycles. The molecule has 3 aromatic rings. The van der Waals surface area contributed by atoms with E-state index in [1.807, 2.05) is 6.92 Å². The Morgan fingerprint density at radius 1 is 0.783 bits per heavy atom. The topological polar surface area (TPSA) is 207 Å². The molecule has 69 heavy (non-hydrogen) atoms. The van der Waals surface area contributed by atoms with E-state index in [4.69, 9.17) is 28.4 Å². The number of nitrogens with one attached hydrogen (secondary N) is 1. The van der Waals surface area contributed by atoms with Crippen LogP contribution >= 0.6 is 0 Å². The number of carbonyl (C=O) groups excluding carboxylic acids is 7. The van der Waals surface area contributed by atoms with E-state index in [9.17, 15) is 29.1 Å². The summed E-state index contributed by atoms with van der Waals surface area (Å²) in [5, 5.41) is 16.7. The SMILES string of the molecule is CC(=O)O[C@H]1C(=O)[C@@]2(C)C([C@H](OC(=O)c3ccccc3)[C@]3(O)C[C@H](OC(=O)[C@H](OC(=O)c4ccccc4)[C@@H](NC(=O)OC(C)(C)C)c4ccccc4)C(C)=C1C3(C)C)[C@]1(OC(C)=O)CC[C@@H]1C[C@@H]2C. The first-order valence-electron chi connectivity index (χ1n) is 23.5. The number of Topliss-reactive ketones (excluding diaryl/α,β-unsaturated/α-hetero) is 1. The number of ketones is 1. The average Bonchev–Trinajstić information content (AvgIpc) is 3.28. The minimum Gasteiger partial charge on any atom is -0.458 e. The molecule has 15 heteroatoms. The van der Waals surface area contributed by atoms with E-state index in [1.165, 1.54) is 19.1 Å². The zero-order chi connectivity index (χ0) is 50.4. The van der Waals surface area contributed by atoms with Crippen LogP contribution in [0.4, 0.5) is 4.79 Å². The molecule has 0 heterocycles. The van der Waals surface area contributed by atoms with E-state index in [-0.39, 0.29) is 34.6 Å². The molecule has 0 aliphatic heterocycles. The summed E-state index contributed by atoms with van der Waals surface area (Å²) in [5.41, 5.74) is -6.98. The first-order chi connectivity index (χ1) is 32.4. The van der Waals surface area contributed by atoms with Gasteiger partial charge in [-0.05, 0) is 99.8 Å². The van der Waals surface area contributed by atoms with E-state index < -0.39 is 118 Å². The third kappa shape index (κ3) is 9.29. The van der Waals surface area contributed by atoms with Crippen molar-refractivity contribution in [1.82, 2.24) is 5.32 Å². The molecule has 1 amide bonds. The first-order valence-corrected chi connectivity index (χ1v) is 23.5. The second-order valence-corrected chi connectivity index (χ2v) is 20.7. The van der Waals surface area contributed by atoms with Crippen molar-refractivity contribution in [3.63, 3.8) is 0 Å². The third-order valence-corrected chi connectivity index (χ3v) is 15.1. The van der Waals surface area contributed by atoms with Gasteiger partial charge in [0.2, 0.25) is 6.10 Å². The molecule has 1 unspecified atom stereocenters. The van der Waals surface area contributed by atoms with Crippen molar-refractivity contribution in [2.24, 2.45) is 28.6 Å². The van der Waals surface area contributed by atoms with Gasteiger partial charge in [0.05, 0.1) is 17.0 Å². The number of hydrogen-bond acceptors (Lipinski definition) is 14. The lowest BCUT2D eigenvalue weighted by atomic mass is 9.39. The van der Waals surface area contributed by atoms with E-state index in [2.05, 4.69) is 5.32 Å². The Hall–Kier alpha value is -6.35. The molecule has 3 fully saturated rings. The molecule has 4 aliphatic carbocycles. The number of fused-ring (bicyclic) bond motifs is 5. The number of amides is 1. The van der Waals surface area contributed by atoms with Crippen LogP contribution in [0.5, 0.6) is 0 Å². The molecule has 7 rings (SSSR count). The predicted molar refractivity (Wildman–Crippen MR) is 249 cm³/mol. The van der Waals surface area contributed by atoms with E-state index in [1.54, 1.807) is 127 Å². The van der Waals surface area contributed by atoms with E-state index >= 15 is 9.59 Å². The van der Waals surface area contributed by atoms with Crippen molar-refractivity contribution in [1.29, 1.82) is 0 Å². The fourth-order valence-electron chi connectivity index (χ4n) is 11.5. The van der Waals surface area contributed by atoms with Gasteiger partial charge in [0, 0.05) is 31.1 Å². The van der Waals surface area contributed by atoms with E-state index in [0.29, 0.717) is 18.4 Å². The smallest absolute Gasteiger partial charge is 0.408 e. The molecule has 3 aromatic carbocycles. The maximum absolute atomic E-state index is 15.9. The largest absolute Gasteiger partial charge is 0.458 e. The number of carbonyl (C=O) groups is 7. The van der Waals surface area contributed by atoms with Crippen molar-refractivity contribution >= 4 is 41.7 Å². The van der Waals surface area contributed by atoms with Crippen LogP contribution in [0.25, 0.3) is 0 Å². The Bertz CT molecular complexity index is 2520. The highest BCUT2D eigenvalue weighted by atomic mass is 16.6. The van der Waals surface area contributed by atoms with Crippen LogP contribution < -0.4 is 5.32 Å². The summed E-state index contributed by atoms with van der Waals surface area (Å²) in [6, 6.07) is 22.9. The Morgan fingerprint density at radius 3 is 1.87 bits per heavy atom. The summed E-state index contributed by atoms with van der Waals surface area (Å²) in [5.74, 6) is -6.99. The summed E-state index contributed by atoms with van der Waals surface area (Å²) in [7, 11) is 0. The summed E-state index contributed by atoms with van der Waals surface area (Å²) in [6.45, 7) is 15.9. The van der Waals surface area contributed by atoms with Gasteiger partial charge < -0.3 is 38.8 Å². The fraction of sp³-hybridized carbons (Fsp3) is 0.500. The van der Waals surface area contributed by atoms with Gasteiger partial charge in [0.15, 0.2) is 11.9 Å². The molecular weight excluding hydrogens is 887 g/mol. The molecule has 15 nitrogen and oxygen atoms in total. The summed E-state index contributed by atoms with van der Waals surface area (Å²) in [6.07, 6.45) is -6.82. The van der Waals surface area contributed by atoms with Gasteiger partial charge in [0.1, 0.15) is 35.1 Å². The molecule has 0 saturated heterocycles. The number of rotatable bonds is 11. The summed E-state index contributed by atoms with van der Waals surface area (Å²) < 4.78 is 37.1. The van der Waals surface area contributed by atoms with Crippen molar-refractivity contribution < 1.29 is 67.1 Å². The van der Waals surface area contributed by atoms with Crippen molar-refractivity contribution in [2.45, 2.75) is 142 Å². The highest BCUT2D eigenvalue weighted by Crippen LogP contribution is 2.68. The number of aliphatic hydroxyl groups is 1. The highest BCUT2D eigenvalue weighted by molar-refractivity contribution is 5.96. The zero-order valence-corrected chi connectivity index (χ0v) is 40.9. The number of hydrogen-bond donors (Lipinski definition) is 2. The minimum atomic E-state index is -2.30. The normalized spacial score (nSPS) is 29.9. The van der Waals surface area contributed by atoms with Crippen LogP contribution in [0, 0.1) is 28.6 Å². The van der Waals surface area contributed by atoms with Crippen LogP contribution in [0.3, 0.4) is 0 Å². The Kier molecular flexibility index (Phi) is 13.8. The zero-order valence-electron chi connectivity index (χ0n) is 40.9. The lowest BCUT2D eigenvalue weighted by molar-refractivity contribution is -0.289. The lowest BCUT2D eigenvalue weighted by Crippen LogP contribution is -2.77. The Morgan fingerprint density at radius 2 is 1.35 bits per heavy atom. The number of alkyl carbamates (subject to hydrolysis) is 1. The van der Waals surface area contributed by atoms with Crippen LogP contribution in [-0.4, -0.2) is 88.0 Å². The van der Waals surface area contributed by atoms with E-state index in [0.717, 1.165) is 6.92 Å². The second-order valence-electron chi connectivity index (χ2n) is 20.7. The molecular formula is C54H63NO14. The fourth-order valence-corrected chi connectivity index (χ4v) is 11.5. The van der Waals surface area contributed by atoms with Gasteiger partial charge in [-0.2, -0.15) is 0 Å². The molecule has 0 aromatic heterocycles. The molecule has 11 atom stereocenters. The third-order valence-electron chi connectivity index (χ3n) is 15.1. The van der Waals surface area contributed by atoms with Gasteiger partial charge in [-0.1, -0.05) is 94.4 Å². The van der Waals surface area contributed by atoms with Crippen LogP contribution in [0.15, 0.2) is 102 Å². The molecule has 2 bridgehead atoms. The van der Waals surface area contributed by atoms with Gasteiger partial charge in [-0.3, -0.25) is 14.4 Å². The molecule has 4 aliphatic rings. The van der Waals surface area contributed by atoms with Gasteiger partial charge in [0.25, 0.3) is 0 Å². The summed E-state index contributed by atoms with van der Waals surface area (Å²) in [4.78, 5) is 99.6. The van der Waals surface area contributed by atoms with Gasteiger partial charge in [-0.25, -0.2) is 19.2 Å². The van der Waals surface area contributed by atoms with Crippen molar-refractivity contribution in [3.05, 3.63) is 119 Å². The number of ether oxygens (including phenoxy) is 6.